The molecule has 0 saturated carbocycles. The molecule has 0 radical (unpaired) electrons. The van der Waals surface area contributed by atoms with Gasteiger partial charge >= 0.3 is 12.2 Å². The van der Waals surface area contributed by atoms with E-state index in [0.29, 0.717) is 6.26 Å². The molecule has 0 rings (SSSR count). The van der Waals surface area contributed by atoms with Crippen LogP contribution in [0.1, 0.15) is 0 Å². The molecule has 0 saturated heterocycles. The lowest BCUT2D eigenvalue weighted by Gasteiger charge is -1.98. The van der Waals surface area contributed by atoms with Gasteiger partial charge in [0.2, 0.25) is 0 Å². The first-order valence-corrected chi connectivity index (χ1v) is 2.62. The number of carbonyl (C=O) groups is 2. The summed E-state index contributed by atoms with van der Waals surface area (Å²) in [6, 6.07) is 0. The molecule has 0 aromatic heterocycles. The van der Waals surface area contributed by atoms with E-state index in [4.69, 9.17) is 10.2 Å². The highest BCUT2D eigenvalue weighted by Gasteiger charge is 2.03. The molecule has 7 heteroatoms. The van der Waals surface area contributed by atoms with Crippen LogP contribution in [0.3, 0.4) is 0 Å². The van der Waals surface area contributed by atoms with Crippen LogP contribution in [0.5, 0.6) is 0 Å². The van der Waals surface area contributed by atoms with Crippen molar-refractivity contribution < 1.29 is 30.0 Å². The Kier molecular flexibility index (Phi) is 7.88. The molecule has 0 atom stereocenters. The van der Waals surface area contributed by atoms with Crippen molar-refractivity contribution in [2.24, 2.45) is 0 Å². The average Bonchev–Trinajstić information content (AvgIpc) is 1.86. The van der Waals surface area contributed by atoms with Crippen LogP contribution in [0, 0.1) is 0 Å². The Balaban J connectivity index is 0. The van der Waals surface area contributed by atoms with Gasteiger partial charge in [-0.1, -0.05) is 0 Å². The first-order valence-electron chi connectivity index (χ1n) is 2.62. The van der Waals surface area contributed by atoms with Crippen LogP contribution in [0.4, 0.5) is 9.59 Å². The number of hydrogen-bond acceptors (Lipinski definition) is 4. The van der Waals surface area contributed by atoms with E-state index in [-0.39, 0.29) is 12.1 Å². The third-order valence-corrected chi connectivity index (χ3v) is 0.625. The van der Waals surface area contributed by atoms with Crippen LogP contribution < -0.4 is 5.32 Å². The van der Waals surface area contributed by atoms with Gasteiger partial charge in [0.25, 0.3) is 0 Å². The van der Waals surface area contributed by atoms with E-state index in [2.05, 4.69) is 4.74 Å². The quantitative estimate of drug-likeness (QED) is 0.498. The number of hydrogen-bond donors (Lipinski definition) is 3. The summed E-state index contributed by atoms with van der Waals surface area (Å²) in [4.78, 5) is 20.1. The number of carbonyl (C=O) groups excluding carboxylic acids is 1. The fraction of sp³-hybridized carbons (Fsp3) is 0.200. The molecule has 0 bridgehead atoms. The van der Waals surface area contributed by atoms with Gasteiger partial charge in [0.05, 0.1) is 6.26 Å². The Morgan fingerprint density at radius 3 is 2.50 bits per heavy atom. The van der Waals surface area contributed by atoms with E-state index in [0.717, 1.165) is 6.08 Å². The Morgan fingerprint density at radius 1 is 1.50 bits per heavy atom. The number of aliphatic hydroxyl groups is 1. The van der Waals surface area contributed by atoms with Gasteiger partial charge in [-0.15, -0.1) is 0 Å². The third-order valence-electron chi connectivity index (χ3n) is 0.625. The molecular weight excluding hydrogens is 170 g/mol. The summed E-state index contributed by atoms with van der Waals surface area (Å²) in [5.41, 5.74) is 0. The average molecular weight is 179 g/mol. The highest BCUT2D eigenvalue weighted by Crippen LogP contribution is 1.78. The number of amides is 2. The van der Waals surface area contributed by atoms with Crippen molar-refractivity contribution in [3.8, 4) is 0 Å². The van der Waals surface area contributed by atoms with Crippen molar-refractivity contribution in [2.45, 2.75) is 0 Å². The molecule has 7 nitrogen and oxygen atoms in total. The number of nitrogens with one attached hydrogen (secondary N) is 1. The molecule has 0 heterocycles. The van der Waals surface area contributed by atoms with Crippen LogP contribution in [0.25, 0.3) is 0 Å². The lowest BCUT2D eigenvalue weighted by Crippen LogP contribution is -2.29. The summed E-state index contributed by atoms with van der Waals surface area (Å²) < 4.78 is 4.22. The van der Waals surface area contributed by atoms with Gasteiger partial charge in [0.1, 0.15) is 6.61 Å². The molecular formula is C5H9NO6. The Labute approximate surface area is 67.6 Å². The lowest BCUT2D eigenvalue weighted by atomic mass is 10.7. The Morgan fingerprint density at radius 2 is 2.08 bits per heavy atom. The summed E-state index contributed by atoms with van der Waals surface area (Å²) in [6.45, 7) is -0.171. The van der Waals surface area contributed by atoms with E-state index < -0.39 is 12.2 Å². The maximum absolute atomic E-state index is 10.3. The summed E-state index contributed by atoms with van der Waals surface area (Å²) in [6.07, 6.45) is -0.728. The van der Waals surface area contributed by atoms with E-state index in [1.54, 1.807) is 0 Å². The minimum absolute atomic E-state index is 0. The second-order valence-corrected chi connectivity index (χ2v) is 1.41. The Bertz CT molecular complexity index is 177. The highest BCUT2D eigenvalue weighted by molar-refractivity contribution is 5.86. The lowest BCUT2D eigenvalue weighted by molar-refractivity contribution is 0.149. The van der Waals surface area contributed by atoms with Crippen LogP contribution in [-0.2, 0) is 4.74 Å². The van der Waals surface area contributed by atoms with Gasteiger partial charge in [-0.3, -0.25) is 0 Å². The molecule has 0 aliphatic heterocycles. The van der Waals surface area contributed by atoms with Gasteiger partial charge in [-0.2, -0.15) is 0 Å². The molecule has 0 aromatic rings. The molecule has 0 fully saturated rings. The maximum Gasteiger partial charge on any atom is 0.416 e. The van der Waals surface area contributed by atoms with E-state index in [1.807, 2.05) is 0 Å². The van der Waals surface area contributed by atoms with Crippen LogP contribution in [0.2, 0.25) is 0 Å². The normalized spacial score (nSPS) is 8.67. The fourth-order valence-corrected chi connectivity index (χ4v) is 0.290. The van der Waals surface area contributed by atoms with Gasteiger partial charge < -0.3 is 20.4 Å². The topological polar surface area (TPSA) is 127 Å². The van der Waals surface area contributed by atoms with E-state index >= 15 is 0 Å². The van der Waals surface area contributed by atoms with Crippen molar-refractivity contribution in [1.82, 2.24) is 5.32 Å². The number of imide groups is 1. The second-order valence-electron chi connectivity index (χ2n) is 1.41. The largest absolute Gasteiger partial charge is 0.516 e. The number of alkyl carbamates (subject to hydrolysis) is 1. The van der Waals surface area contributed by atoms with Crippen LogP contribution >= 0.6 is 0 Å². The predicted octanol–water partition coefficient (Wildman–Crippen LogP) is -0.362. The second kappa shape index (κ2) is 7.35. The smallest absolute Gasteiger partial charge is 0.416 e. The monoisotopic (exact) mass is 179 g/mol. The highest BCUT2D eigenvalue weighted by atomic mass is 16.6. The first kappa shape index (κ1) is 12.9. The molecule has 5 N–H and O–H groups in total. The predicted molar refractivity (Wildman–Crippen MR) is 37.9 cm³/mol. The summed E-state index contributed by atoms with van der Waals surface area (Å²) in [5, 5.41) is 17.5. The van der Waals surface area contributed by atoms with Crippen molar-refractivity contribution in [3.63, 3.8) is 0 Å². The molecule has 2 amide bonds. The molecule has 0 spiro atoms. The zero-order valence-corrected chi connectivity index (χ0v) is 5.98. The number of ether oxygens (including phenoxy) is 1. The molecule has 0 aliphatic carbocycles. The fourth-order valence-electron chi connectivity index (χ4n) is 0.290. The zero-order chi connectivity index (χ0) is 8.69. The van der Waals surface area contributed by atoms with Crippen molar-refractivity contribution in [1.29, 1.82) is 0 Å². The first-order chi connectivity index (χ1) is 5.16. The SMILES string of the molecule is O.O=C(O)NC(=O)OCC=CO. The van der Waals surface area contributed by atoms with E-state index in [9.17, 15) is 9.59 Å². The summed E-state index contributed by atoms with van der Waals surface area (Å²) >= 11 is 0. The minimum atomic E-state index is -1.48. The van der Waals surface area contributed by atoms with Crippen molar-refractivity contribution in [2.75, 3.05) is 6.61 Å². The number of rotatable bonds is 2. The molecule has 0 aromatic carbocycles. The van der Waals surface area contributed by atoms with Crippen LogP contribution in [-0.4, -0.2) is 34.5 Å². The number of carboxylic acid groups (broad SMARTS) is 1. The number of aliphatic hydroxyl groups excluding tert-OH is 1. The third kappa shape index (κ3) is 8.24. The van der Waals surface area contributed by atoms with Gasteiger partial charge in [-0.05, 0) is 6.08 Å². The zero-order valence-electron chi connectivity index (χ0n) is 5.98. The molecule has 12 heavy (non-hydrogen) atoms. The molecule has 0 unspecified atom stereocenters. The van der Waals surface area contributed by atoms with Gasteiger partial charge in [0, 0.05) is 0 Å². The maximum atomic E-state index is 10.3. The van der Waals surface area contributed by atoms with Crippen LogP contribution in [0.15, 0.2) is 12.3 Å². The summed E-state index contributed by atoms with van der Waals surface area (Å²) in [7, 11) is 0. The van der Waals surface area contributed by atoms with Gasteiger partial charge in [0.15, 0.2) is 0 Å². The van der Waals surface area contributed by atoms with Crippen molar-refractivity contribution >= 4 is 12.2 Å². The Hall–Kier alpha value is -1.76. The standard InChI is InChI=1S/C5H7NO5.H2O/c7-2-1-3-11-5(10)6-4(8)9;/h1-2,7H,3H2,(H,6,10)(H,8,9);1H2. The molecule has 0 aliphatic rings. The van der Waals surface area contributed by atoms with Crippen molar-refractivity contribution in [3.05, 3.63) is 12.3 Å². The summed E-state index contributed by atoms with van der Waals surface area (Å²) in [5.74, 6) is 0. The minimum Gasteiger partial charge on any atom is -0.516 e. The van der Waals surface area contributed by atoms with Gasteiger partial charge in [-0.25, -0.2) is 14.9 Å². The molecule has 70 valence electrons. The van der Waals surface area contributed by atoms with E-state index in [1.165, 1.54) is 5.32 Å².